The maximum atomic E-state index is 12.2. The van der Waals surface area contributed by atoms with Crippen molar-refractivity contribution in [1.82, 2.24) is 5.32 Å². The maximum absolute atomic E-state index is 12.2. The van der Waals surface area contributed by atoms with Crippen LogP contribution in [-0.4, -0.2) is 25.5 Å². The van der Waals surface area contributed by atoms with Gasteiger partial charge in [0.25, 0.3) is 0 Å². The third-order valence-electron chi connectivity index (χ3n) is 4.19. The van der Waals surface area contributed by atoms with Crippen LogP contribution >= 0.6 is 23.2 Å². The van der Waals surface area contributed by atoms with Crippen molar-refractivity contribution in [2.45, 2.75) is 19.4 Å². The van der Waals surface area contributed by atoms with Gasteiger partial charge in [0.1, 0.15) is 5.60 Å². The highest BCUT2D eigenvalue weighted by Gasteiger charge is 2.28. The molecule has 0 bridgehead atoms. The van der Waals surface area contributed by atoms with Gasteiger partial charge in [0, 0.05) is 22.8 Å². The Morgan fingerprint density at radius 2 is 1.81 bits per heavy atom. The molecule has 0 radical (unpaired) electrons. The van der Waals surface area contributed by atoms with Gasteiger partial charge in [-0.3, -0.25) is 9.59 Å². The lowest BCUT2D eigenvalue weighted by Gasteiger charge is -2.29. The van der Waals surface area contributed by atoms with Crippen molar-refractivity contribution in [3.8, 4) is 0 Å². The maximum Gasteiger partial charge on any atom is 0.313 e. The van der Waals surface area contributed by atoms with Crippen LogP contribution in [0.15, 0.2) is 42.5 Å². The van der Waals surface area contributed by atoms with E-state index in [4.69, 9.17) is 27.9 Å². The SMILES string of the molecule is CO[C@@](C)(CNC(=O)C(=O)Nc1cccc(Cl)c1C)c1cccc(Cl)c1. The van der Waals surface area contributed by atoms with E-state index in [0.29, 0.717) is 21.3 Å². The van der Waals surface area contributed by atoms with Crippen molar-refractivity contribution in [3.05, 3.63) is 63.6 Å². The smallest absolute Gasteiger partial charge is 0.313 e. The summed E-state index contributed by atoms with van der Waals surface area (Å²) in [5.41, 5.74) is 1.14. The minimum Gasteiger partial charge on any atom is -0.372 e. The fourth-order valence-electron chi connectivity index (χ4n) is 2.36. The molecule has 0 aliphatic rings. The van der Waals surface area contributed by atoms with Crippen molar-refractivity contribution >= 4 is 40.7 Å². The lowest BCUT2D eigenvalue weighted by Crippen LogP contribution is -2.44. The second-order valence-electron chi connectivity index (χ2n) is 5.99. The molecule has 0 spiro atoms. The lowest BCUT2D eigenvalue weighted by atomic mass is 9.95. The number of carbonyl (C=O) groups is 2. The zero-order valence-electron chi connectivity index (χ0n) is 14.7. The molecule has 5 nitrogen and oxygen atoms in total. The van der Waals surface area contributed by atoms with Gasteiger partial charge in [-0.2, -0.15) is 0 Å². The van der Waals surface area contributed by atoms with E-state index in [2.05, 4.69) is 10.6 Å². The zero-order chi connectivity index (χ0) is 19.3. The fraction of sp³-hybridized carbons (Fsp3) is 0.263. The third-order valence-corrected chi connectivity index (χ3v) is 4.84. The number of amides is 2. The summed E-state index contributed by atoms with van der Waals surface area (Å²) in [5.74, 6) is -1.55. The van der Waals surface area contributed by atoms with Gasteiger partial charge < -0.3 is 15.4 Å². The number of ether oxygens (including phenoxy) is 1. The topological polar surface area (TPSA) is 67.4 Å². The molecule has 2 amide bonds. The summed E-state index contributed by atoms with van der Waals surface area (Å²) >= 11 is 12.0. The van der Waals surface area contributed by atoms with E-state index in [1.54, 1.807) is 50.2 Å². The van der Waals surface area contributed by atoms with Gasteiger partial charge in [0.05, 0.1) is 6.54 Å². The number of halogens is 2. The highest BCUT2D eigenvalue weighted by molar-refractivity contribution is 6.40. The molecule has 138 valence electrons. The molecule has 0 aromatic heterocycles. The van der Waals surface area contributed by atoms with E-state index >= 15 is 0 Å². The molecule has 1 atom stereocenters. The number of carbonyl (C=O) groups excluding carboxylic acids is 2. The van der Waals surface area contributed by atoms with Crippen LogP contribution < -0.4 is 10.6 Å². The normalized spacial score (nSPS) is 13.0. The molecule has 0 aliphatic carbocycles. The number of nitrogens with one attached hydrogen (secondary N) is 2. The summed E-state index contributed by atoms with van der Waals surface area (Å²) in [5, 5.41) is 6.22. The Hall–Kier alpha value is -2.08. The molecule has 26 heavy (non-hydrogen) atoms. The summed E-state index contributed by atoms with van der Waals surface area (Å²) < 4.78 is 5.54. The summed E-state index contributed by atoms with van der Waals surface area (Å²) in [4.78, 5) is 24.3. The Kier molecular flexibility index (Phi) is 6.64. The fourth-order valence-corrected chi connectivity index (χ4v) is 2.73. The van der Waals surface area contributed by atoms with Crippen LogP contribution in [0.4, 0.5) is 5.69 Å². The highest BCUT2D eigenvalue weighted by atomic mass is 35.5. The van der Waals surface area contributed by atoms with Crippen molar-refractivity contribution in [2.24, 2.45) is 0 Å². The van der Waals surface area contributed by atoms with Crippen LogP contribution in [0, 0.1) is 6.92 Å². The predicted octanol–water partition coefficient (Wildman–Crippen LogP) is 3.92. The lowest BCUT2D eigenvalue weighted by molar-refractivity contribution is -0.137. The van der Waals surface area contributed by atoms with Crippen LogP contribution in [0.1, 0.15) is 18.1 Å². The average molecular weight is 395 g/mol. The second kappa shape index (κ2) is 8.54. The first-order chi connectivity index (χ1) is 12.3. The van der Waals surface area contributed by atoms with Gasteiger partial charge in [-0.15, -0.1) is 0 Å². The molecular weight excluding hydrogens is 375 g/mol. The third kappa shape index (κ3) is 4.75. The van der Waals surface area contributed by atoms with Crippen LogP contribution in [0.2, 0.25) is 10.0 Å². The Balaban J connectivity index is 2.04. The number of rotatable bonds is 5. The molecule has 2 aromatic carbocycles. The summed E-state index contributed by atoms with van der Waals surface area (Å²) in [6.45, 7) is 3.67. The molecule has 0 saturated heterocycles. The number of methoxy groups -OCH3 is 1. The Labute approximate surface area is 162 Å². The summed E-state index contributed by atoms with van der Waals surface area (Å²) in [6, 6.07) is 12.2. The first kappa shape index (κ1) is 20.2. The molecule has 7 heteroatoms. The average Bonchev–Trinajstić information content (AvgIpc) is 2.63. The highest BCUT2D eigenvalue weighted by Crippen LogP contribution is 2.26. The van der Waals surface area contributed by atoms with Gasteiger partial charge in [0.15, 0.2) is 0 Å². The molecule has 0 heterocycles. The van der Waals surface area contributed by atoms with Gasteiger partial charge >= 0.3 is 11.8 Å². The quantitative estimate of drug-likeness (QED) is 0.755. The van der Waals surface area contributed by atoms with Crippen molar-refractivity contribution < 1.29 is 14.3 Å². The molecule has 0 aliphatic heterocycles. The van der Waals surface area contributed by atoms with E-state index in [-0.39, 0.29) is 6.54 Å². The zero-order valence-corrected chi connectivity index (χ0v) is 16.2. The van der Waals surface area contributed by atoms with Crippen molar-refractivity contribution in [2.75, 3.05) is 19.0 Å². The van der Waals surface area contributed by atoms with Gasteiger partial charge in [-0.25, -0.2) is 0 Å². The predicted molar refractivity (Wildman–Crippen MR) is 104 cm³/mol. The van der Waals surface area contributed by atoms with Crippen molar-refractivity contribution in [1.29, 1.82) is 0 Å². The number of benzene rings is 2. The summed E-state index contributed by atoms with van der Waals surface area (Å²) in [6.07, 6.45) is 0. The molecule has 2 N–H and O–H groups in total. The first-order valence-corrected chi connectivity index (χ1v) is 8.68. The molecule has 2 rings (SSSR count). The Morgan fingerprint density at radius 1 is 1.12 bits per heavy atom. The minimum atomic E-state index is -0.827. The minimum absolute atomic E-state index is 0.102. The number of hydrogen-bond acceptors (Lipinski definition) is 3. The number of hydrogen-bond donors (Lipinski definition) is 2. The molecule has 0 fully saturated rings. The van der Waals surface area contributed by atoms with E-state index < -0.39 is 17.4 Å². The Bertz CT molecular complexity index is 826. The van der Waals surface area contributed by atoms with Gasteiger partial charge in [-0.05, 0) is 49.2 Å². The molecule has 0 saturated carbocycles. The second-order valence-corrected chi connectivity index (χ2v) is 6.84. The number of anilines is 1. The van der Waals surface area contributed by atoms with Gasteiger partial charge in [0.2, 0.25) is 0 Å². The van der Waals surface area contributed by atoms with Crippen LogP contribution in [0.3, 0.4) is 0 Å². The van der Waals surface area contributed by atoms with Crippen molar-refractivity contribution in [3.63, 3.8) is 0 Å². The largest absolute Gasteiger partial charge is 0.372 e. The monoisotopic (exact) mass is 394 g/mol. The molecule has 2 aromatic rings. The standard InChI is InChI=1S/C19H20Cl2N2O3/c1-12-15(21)8-5-9-16(12)23-18(25)17(24)22-11-19(2,26-3)13-6-4-7-14(20)10-13/h4-10H,11H2,1-3H3,(H,22,24)(H,23,25)/t19-/m0/s1. The molecule has 0 unspecified atom stereocenters. The first-order valence-electron chi connectivity index (χ1n) is 7.92. The van der Waals surface area contributed by atoms with Crippen LogP contribution in [-0.2, 0) is 19.9 Å². The summed E-state index contributed by atoms with van der Waals surface area (Å²) in [7, 11) is 1.53. The van der Waals surface area contributed by atoms with E-state index in [9.17, 15) is 9.59 Å². The van der Waals surface area contributed by atoms with Crippen LogP contribution in [0.5, 0.6) is 0 Å². The van der Waals surface area contributed by atoms with Crippen LogP contribution in [0.25, 0.3) is 0 Å². The molecular formula is C19H20Cl2N2O3. The Morgan fingerprint density at radius 3 is 2.46 bits per heavy atom. The van der Waals surface area contributed by atoms with E-state index in [1.165, 1.54) is 7.11 Å². The van der Waals surface area contributed by atoms with E-state index in [0.717, 1.165) is 5.56 Å². The van der Waals surface area contributed by atoms with Gasteiger partial charge in [-0.1, -0.05) is 41.4 Å². The van der Waals surface area contributed by atoms with E-state index in [1.807, 2.05) is 6.07 Å².